The van der Waals surface area contributed by atoms with E-state index in [4.69, 9.17) is 21.7 Å². The van der Waals surface area contributed by atoms with Gasteiger partial charge in [-0.3, -0.25) is 19.1 Å². The van der Waals surface area contributed by atoms with Gasteiger partial charge in [0.05, 0.1) is 5.56 Å². The maximum absolute atomic E-state index is 14.1. The largest absolute Gasteiger partial charge is 0.379 e. The number of aromatic amines is 1. The molecule has 1 aromatic heterocycles. The van der Waals surface area contributed by atoms with Crippen molar-refractivity contribution in [2.45, 2.75) is 24.9 Å². The van der Waals surface area contributed by atoms with Gasteiger partial charge in [-0.15, -0.1) is 0 Å². The number of carbonyl (C=O) groups is 1. The third-order valence-corrected chi connectivity index (χ3v) is 3.22. The maximum atomic E-state index is 14.1. The van der Waals surface area contributed by atoms with Crippen molar-refractivity contribution in [2.24, 2.45) is 0 Å². The molecule has 1 aliphatic heterocycles. The summed E-state index contributed by atoms with van der Waals surface area (Å²) in [4.78, 5) is 24.5. The van der Waals surface area contributed by atoms with Crippen molar-refractivity contribution < 1.29 is 18.7 Å². The second kappa shape index (κ2) is 5.32. The molecule has 2 atom stereocenters. The summed E-state index contributed by atoms with van der Waals surface area (Å²) in [6.45, 7) is -0.180. The molecule has 0 aromatic carbocycles. The highest BCUT2D eigenvalue weighted by Gasteiger charge is 2.41. The predicted octanol–water partition coefficient (Wildman–Crippen LogP) is 1.34. The van der Waals surface area contributed by atoms with Crippen LogP contribution in [-0.2, 0) is 9.47 Å². The average molecular weight is 288 g/mol. The molecule has 2 rings (SSSR count). The third-order valence-electron chi connectivity index (χ3n) is 2.90. The SMILES string of the molecule is COC[C@]1(F)CC[C@H](n2cc(C=O)c(=O)[nH]c2=S)O1. The van der Waals surface area contributed by atoms with Crippen molar-refractivity contribution in [3.8, 4) is 0 Å². The van der Waals surface area contributed by atoms with Crippen molar-refractivity contribution in [1.29, 1.82) is 0 Å². The Kier molecular flexibility index (Phi) is 3.93. The van der Waals surface area contributed by atoms with Gasteiger partial charge in [0.15, 0.2) is 11.1 Å². The summed E-state index contributed by atoms with van der Waals surface area (Å²) in [6.07, 6.45) is 1.55. The van der Waals surface area contributed by atoms with E-state index in [9.17, 15) is 14.0 Å². The molecule has 0 aliphatic carbocycles. The van der Waals surface area contributed by atoms with Gasteiger partial charge < -0.3 is 9.47 Å². The lowest BCUT2D eigenvalue weighted by Gasteiger charge is -2.21. The molecule has 0 bridgehead atoms. The first-order chi connectivity index (χ1) is 8.99. The Morgan fingerprint density at radius 2 is 2.53 bits per heavy atom. The van der Waals surface area contributed by atoms with E-state index in [0.717, 1.165) is 0 Å². The fraction of sp³-hybridized carbons (Fsp3) is 0.545. The summed E-state index contributed by atoms with van der Waals surface area (Å²) >= 11 is 4.98. The second-order valence-electron chi connectivity index (χ2n) is 4.30. The number of aromatic nitrogens is 2. The van der Waals surface area contributed by atoms with Crippen LogP contribution in [0.5, 0.6) is 0 Å². The Labute approximate surface area is 113 Å². The summed E-state index contributed by atoms with van der Waals surface area (Å²) in [5.74, 6) is -1.87. The summed E-state index contributed by atoms with van der Waals surface area (Å²) in [5.41, 5.74) is -0.655. The minimum atomic E-state index is -1.87. The van der Waals surface area contributed by atoms with E-state index in [1.54, 1.807) is 0 Å². The van der Waals surface area contributed by atoms with Gasteiger partial charge in [-0.2, -0.15) is 0 Å². The number of H-pyrrole nitrogens is 1. The van der Waals surface area contributed by atoms with Crippen LogP contribution in [0.3, 0.4) is 0 Å². The van der Waals surface area contributed by atoms with Crippen LogP contribution in [0.25, 0.3) is 0 Å². The van der Waals surface area contributed by atoms with E-state index in [1.807, 2.05) is 0 Å². The lowest BCUT2D eigenvalue weighted by Crippen LogP contribution is -2.29. The van der Waals surface area contributed by atoms with Crippen LogP contribution in [0, 0.1) is 4.77 Å². The van der Waals surface area contributed by atoms with Gasteiger partial charge in [-0.1, -0.05) is 0 Å². The topological polar surface area (TPSA) is 73.3 Å². The second-order valence-corrected chi connectivity index (χ2v) is 4.68. The summed E-state index contributed by atoms with van der Waals surface area (Å²) in [6, 6.07) is 0. The van der Waals surface area contributed by atoms with E-state index in [1.165, 1.54) is 17.9 Å². The normalized spacial score (nSPS) is 26.5. The van der Waals surface area contributed by atoms with Gasteiger partial charge in [-0.05, 0) is 18.6 Å². The minimum absolute atomic E-state index is 0.0831. The van der Waals surface area contributed by atoms with Crippen molar-refractivity contribution >= 4 is 18.5 Å². The zero-order chi connectivity index (χ0) is 14.0. The van der Waals surface area contributed by atoms with Gasteiger partial charge in [0, 0.05) is 19.7 Å². The molecule has 1 aliphatic rings. The molecule has 6 nitrogen and oxygen atoms in total. The Balaban J connectivity index is 2.32. The molecule has 19 heavy (non-hydrogen) atoms. The molecule has 0 saturated carbocycles. The van der Waals surface area contributed by atoms with Crippen LogP contribution >= 0.6 is 12.2 Å². The molecular formula is C11H13FN2O4S. The molecule has 8 heteroatoms. The number of ether oxygens (including phenoxy) is 2. The quantitative estimate of drug-likeness (QED) is 0.668. The molecule has 1 aromatic rings. The minimum Gasteiger partial charge on any atom is -0.379 e. The van der Waals surface area contributed by atoms with Gasteiger partial charge in [0.1, 0.15) is 12.8 Å². The highest BCUT2D eigenvalue weighted by Crippen LogP contribution is 2.37. The highest BCUT2D eigenvalue weighted by atomic mass is 32.1. The van der Waals surface area contributed by atoms with E-state index >= 15 is 0 Å². The van der Waals surface area contributed by atoms with Crippen molar-refractivity contribution in [3.63, 3.8) is 0 Å². The van der Waals surface area contributed by atoms with Gasteiger partial charge >= 0.3 is 0 Å². The van der Waals surface area contributed by atoms with E-state index in [-0.39, 0.29) is 23.4 Å². The number of halogens is 1. The molecule has 0 radical (unpaired) electrons. The first-order valence-corrected chi connectivity index (χ1v) is 6.06. The van der Waals surface area contributed by atoms with Gasteiger partial charge in [0.25, 0.3) is 5.56 Å². The molecule has 104 valence electrons. The van der Waals surface area contributed by atoms with Crippen LogP contribution in [-0.4, -0.2) is 35.4 Å². The number of rotatable bonds is 4. The zero-order valence-corrected chi connectivity index (χ0v) is 11.0. The van der Waals surface area contributed by atoms with Crippen LogP contribution in [0.2, 0.25) is 0 Å². The summed E-state index contributed by atoms with van der Waals surface area (Å²) in [7, 11) is 1.38. The Hall–Kier alpha value is -1.38. The molecule has 1 saturated heterocycles. The van der Waals surface area contributed by atoms with Crippen molar-refractivity contribution in [1.82, 2.24) is 9.55 Å². The smallest absolute Gasteiger partial charge is 0.262 e. The van der Waals surface area contributed by atoms with Crippen molar-refractivity contribution in [2.75, 3.05) is 13.7 Å². The molecule has 1 N–H and O–H groups in total. The fourth-order valence-corrected chi connectivity index (χ4v) is 2.28. The summed E-state index contributed by atoms with van der Waals surface area (Å²) < 4.78 is 25.6. The number of carbonyl (C=O) groups excluding carboxylic acids is 1. The standard InChI is InChI=1S/C11H13FN2O4S/c1-17-6-11(12)3-2-8(18-11)14-4-7(5-15)9(16)13-10(14)19/h4-5,8H,2-3,6H2,1H3,(H,13,16,19)/t8-,11+/m1/s1. The van der Waals surface area contributed by atoms with Gasteiger partial charge in [0.2, 0.25) is 5.85 Å². The molecule has 2 heterocycles. The molecule has 0 amide bonds. The lowest BCUT2D eigenvalue weighted by atomic mass is 10.2. The van der Waals surface area contributed by atoms with Crippen LogP contribution in [0.15, 0.2) is 11.0 Å². The number of nitrogens with zero attached hydrogens (tertiary/aromatic N) is 1. The van der Waals surface area contributed by atoms with E-state index < -0.39 is 17.6 Å². The van der Waals surface area contributed by atoms with Gasteiger partial charge in [-0.25, -0.2) is 4.39 Å². The average Bonchev–Trinajstić information content (AvgIpc) is 2.72. The Morgan fingerprint density at radius 3 is 3.16 bits per heavy atom. The zero-order valence-electron chi connectivity index (χ0n) is 10.2. The van der Waals surface area contributed by atoms with Crippen LogP contribution in [0.4, 0.5) is 4.39 Å². The number of hydrogen-bond acceptors (Lipinski definition) is 5. The Morgan fingerprint density at radius 1 is 1.79 bits per heavy atom. The lowest BCUT2D eigenvalue weighted by molar-refractivity contribution is -0.182. The molecular weight excluding hydrogens is 275 g/mol. The number of alkyl halides is 1. The Bertz CT molecular complexity index is 599. The number of nitrogens with one attached hydrogen (secondary N) is 1. The molecule has 0 spiro atoms. The number of methoxy groups -OCH3 is 1. The van der Waals surface area contributed by atoms with Crippen LogP contribution < -0.4 is 5.56 Å². The van der Waals surface area contributed by atoms with Crippen molar-refractivity contribution in [3.05, 3.63) is 26.9 Å². The highest BCUT2D eigenvalue weighted by molar-refractivity contribution is 7.71. The summed E-state index contributed by atoms with van der Waals surface area (Å²) in [5, 5.41) is 0. The predicted molar refractivity (Wildman–Crippen MR) is 66.3 cm³/mol. The molecule has 0 unspecified atom stereocenters. The third kappa shape index (κ3) is 2.80. The van der Waals surface area contributed by atoms with Crippen LogP contribution in [0.1, 0.15) is 29.4 Å². The maximum Gasteiger partial charge on any atom is 0.262 e. The van der Waals surface area contributed by atoms with E-state index in [2.05, 4.69) is 4.98 Å². The number of aldehydes is 1. The molecule has 1 fully saturated rings. The number of hydrogen-bond donors (Lipinski definition) is 1. The monoisotopic (exact) mass is 288 g/mol. The van der Waals surface area contributed by atoms with E-state index in [0.29, 0.717) is 12.7 Å². The first kappa shape index (κ1) is 14.0. The fourth-order valence-electron chi connectivity index (χ4n) is 2.02. The first-order valence-electron chi connectivity index (χ1n) is 5.65.